The third-order valence-electron chi connectivity index (χ3n) is 3.31. The van der Waals surface area contributed by atoms with Gasteiger partial charge in [0.2, 0.25) is 0 Å². The van der Waals surface area contributed by atoms with E-state index in [1.54, 1.807) is 19.2 Å². The Labute approximate surface area is 159 Å². The lowest BCUT2D eigenvalue weighted by Gasteiger charge is -2.11. The van der Waals surface area contributed by atoms with Crippen molar-refractivity contribution in [3.8, 4) is 5.75 Å². The number of methoxy groups -OCH3 is 1. The quantitative estimate of drug-likeness (QED) is 0.323. The smallest absolute Gasteiger partial charge is 0.271 e. The predicted molar refractivity (Wildman–Crippen MR) is 101 cm³/mol. The lowest BCUT2D eigenvalue weighted by molar-refractivity contribution is -0.384. The van der Waals surface area contributed by atoms with Crippen LogP contribution >= 0.6 is 12.2 Å². The molecule has 0 radical (unpaired) electrons. The Hall–Kier alpha value is -3.11. The summed E-state index contributed by atoms with van der Waals surface area (Å²) in [6.45, 7) is 0.821. The number of benzene rings is 2. The van der Waals surface area contributed by atoms with E-state index < -0.39 is 16.6 Å². The summed E-state index contributed by atoms with van der Waals surface area (Å²) in [5.41, 5.74) is -0.216. The summed E-state index contributed by atoms with van der Waals surface area (Å²) >= 11 is 4.96. The first-order valence-corrected chi connectivity index (χ1v) is 8.09. The van der Waals surface area contributed by atoms with Crippen molar-refractivity contribution in [2.45, 2.75) is 0 Å². The Bertz CT molecular complexity index is 845. The molecule has 8 nitrogen and oxygen atoms in total. The number of hydrogen-bond donors (Lipinski definition) is 2. The minimum Gasteiger partial charge on any atom is -0.491 e. The van der Waals surface area contributed by atoms with E-state index in [1.165, 1.54) is 12.1 Å². The van der Waals surface area contributed by atoms with Crippen LogP contribution in [-0.4, -0.2) is 36.3 Å². The normalized spacial score (nSPS) is 10.1. The molecule has 0 bridgehead atoms. The Balaban J connectivity index is 1.96. The van der Waals surface area contributed by atoms with Crippen LogP contribution in [0, 0.1) is 15.9 Å². The first-order chi connectivity index (χ1) is 12.9. The van der Waals surface area contributed by atoms with Gasteiger partial charge in [0.1, 0.15) is 18.2 Å². The van der Waals surface area contributed by atoms with Crippen LogP contribution in [-0.2, 0) is 4.74 Å². The van der Waals surface area contributed by atoms with Crippen LogP contribution in [0.1, 0.15) is 10.4 Å². The second-order valence-corrected chi connectivity index (χ2v) is 5.60. The van der Waals surface area contributed by atoms with Crippen molar-refractivity contribution in [2.24, 2.45) is 0 Å². The second-order valence-electron chi connectivity index (χ2n) is 5.20. The molecular formula is C17H16FN3O5S. The van der Waals surface area contributed by atoms with Crippen LogP contribution in [0.15, 0.2) is 42.5 Å². The number of nitro benzene ring substituents is 1. The van der Waals surface area contributed by atoms with Crippen molar-refractivity contribution < 1.29 is 23.6 Å². The molecule has 1 amide bonds. The maximum atomic E-state index is 13.7. The summed E-state index contributed by atoms with van der Waals surface area (Å²) in [6.07, 6.45) is 0. The number of thiocarbonyl (C=S) groups is 1. The molecule has 0 spiro atoms. The molecule has 0 unspecified atom stereocenters. The zero-order chi connectivity index (χ0) is 19.8. The van der Waals surface area contributed by atoms with E-state index in [9.17, 15) is 19.3 Å². The third kappa shape index (κ3) is 5.97. The van der Waals surface area contributed by atoms with Crippen molar-refractivity contribution >= 4 is 34.6 Å². The van der Waals surface area contributed by atoms with Gasteiger partial charge in [0.15, 0.2) is 5.11 Å². The maximum absolute atomic E-state index is 13.7. The number of amides is 1. The molecule has 0 aromatic heterocycles. The summed E-state index contributed by atoms with van der Waals surface area (Å²) < 4.78 is 24.0. The van der Waals surface area contributed by atoms with Crippen molar-refractivity contribution in [3.63, 3.8) is 0 Å². The number of non-ortho nitro benzene ring substituents is 1. The average molecular weight is 393 g/mol. The monoisotopic (exact) mass is 393 g/mol. The molecule has 0 aliphatic rings. The number of ether oxygens (including phenoxy) is 2. The molecule has 0 aliphatic carbocycles. The van der Waals surface area contributed by atoms with Crippen LogP contribution in [0.3, 0.4) is 0 Å². The average Bonchev–Trinajstić information content (AvgIpc) is 2.64. The number of anilines is 1. The van der Waals surface area contributed by atoms with Gasteiger partial charge in [-0.05, 0) is 42.5 Å². The topological polar surface area (TPSA) is 103 Å². The second kappa shape index (κ2) is 9.55. The first-order valence-electron chi connectivity index (χ1n) is 7.69. The van der Waals surface area contributed by atoms with Gasteiger partial charge < -0.3 is 14.8 Å². The van der Waals surface area contributed by atoms with Gasteiger partial charge in [-0.3, -0.25) is 20.2 Å². The van der Waals surface area contributed by atoms with E-state index >= 15 is 0 Å². The highest BCUT2D eigenvalue weighted by Crippen LogP contribution is 2.21. The van der Waals surface area contributed by atoms with Crippen LogP contribution < -0.4 is 15.4 Å². The number of carbonyl (C=O) groups excluding carboxylic acids is 1. The summed E-state index contributed by atoms with van der Waals surface area (Å²) in [5.74, 6) is -0.695. The number of nitrogens with zero attached hydrogens (tertiary/aromatic N) is 1. The molecule has 0 fully saturated rings. The van der Waals surface area contributed by atoms with E-state index in [0.29, 0.717) is 24.5 Å². The summed E-state index contributed by atoms with van der Waals surface area (Å²) in [7, 11) is 1.56. The van der Waals surface area contributed by atoms with Crippen molar-refractivity contribution in [3.05, 3.63) is 64.0 Å². The molecule has 27 heavy (non-hydrogen) atoms. The predicted octanol–water partition coefficient (Wildman–Crippen LogP) is 2.89. The van der Waals surface area contributed by atoms with Gasteiger partial charge in [-0.1, -0.05) is 0 Å². The van der Waals surface area contributed by atoms with Gasteiger partial charge >= 0.3 is 0 Å². The van der Waals surface area contributed by atoms with Crippen LogP contribution in [0.2, 0.25) is 0 Å². The highest BCUT2D eigenvalue weighted by atomic mass is 32.1. The number of nitrogens with one attached hydrogen (secondary N) is 2. The molecular weight excluding hydrogens is 377 g/mol. The fraction of sp³-hybridized carbons (Fsp3) is 0.176. The van der Waals surface area contributed by atoms with E-state index in [2.05, 4.69) is 10.6 Å². The molecule has 0 saturated carbocycles. The molecule has 0 atom stereocenters. The van der Waals surface area contributed by atoms with Crippen LogP contribution in [0.25, 0.3) is 0 Å². The van der Waals surface area contributed by atoms with E-state index in [4.69, 9.17) is 21.7 Å². The van der Waals surface area contributed by atoms with Gasteiger partial charge in [0, 0.05) is 24.8 Å². The third-order valence-corrected chi connectivity index (χ3v) is 3.51. The summed E-state index contributed by atoms with van der Waals surface area (Å²) in [6, 6.07) is 9.25. The zero-order valence-corrected chi connectivity index (χ0v) is 15.0. The molecule has 2 aromatic carbocycles. The van der Waals surface area contributed by atoms with Crippen LogP contribution in [0.4, 0.5) is 15.8 Å². The first kappa shape index (κ1) is 20.2. The number of rotatable bonds is 7. The molecule has 2 aromatic rings. The minimum atomic E-state index is -0.741. The van der Waals surface area contributed by atoms with Gasteiger partial charge in [0.05, 0.1) is 17.2 Å². The standard InChI is InChI=1S/C17H16FN3O5S/c1-25-8-9-26-13-5-2-11(3-6-13)16(22)20-17(27)19-15-10-12(21(23)24)4-7-14(15)18/h2-7,10H,8-9H2,1H3,(H2,19,20,22,27). The molecule has 0 heterocycles. The Morgan fingerprint density at radius 1 is 1.22 bits per heavy atom. The largest absolute Gasteiger partial charge is 0.491 e. The molecule has 10 heteroatoms. The van der Waals surface area contributed by atoms with Gasteiger partial charge in [-0.15, -0.1) is 0 Å². The minimum absolute atomic E-state index is 0.195. The summed E-state index contributed by atoms with van der Waals surface area (Å²) in [5, 5.41) is 15.4. The molecule has 0 aliphatic heterocycles. The molecule has 2 rings (SSSR count). The van der Waals surface area contributed by atoms with E-state index in [-0.39, 0.29) is 16.5 Å². The summed E-state index contributed by atoms with van der Waals surface area (Å²) in [4.78, 5) is 22.3. The lowest BCUT2D eigenvalue weighted by Crippen LogP contribution is -2.34. The zero-order valence-electron chi connectivity index (χ0n) is 14.2. The highest BCUT2D eigenvalue weighted by Gasteiger charge is 2.13. The Kier molecular flexibility index (Phi) is 7.15. The van der Waals surface area contributed by atoms with E-state index in [0.717, 1.165) is 18.2 Å². The molecule has 142 valence electrons. The number of hydrogen-bond acceptors (Lipinski definition) is 6. The highest BCUT2D eigenvalue weighted by molar-refractivity contribution is 7.80. The Morgan fingerprint density at radius 3 is 2.56 bits per heavy atom. The number of halogens is 1. The van der Waals surface area contributed by atoms with Crippen molar-refractivity contribution in [1.82, 2.24) is 5.32 Å². The van der Waals surface area contributed by atoms with E-state index in [1.807, 2.05) is 0 Å². The van der Waals surface area contributed by atoms with Crippen LogP contribution in [0.5, 0.6) is 5.75 Å². The van der Waals surface area contributed by atoms with Crippen molar-refractivity contribution in [2.75, 3.05) is 25.6 Å². The maximum Gasteiger partial charge on any atom is 0.271 e. The van der Waals surface area contributed by atoms with Crippen molar-refractivity contribution in [1.29, 1.82) is 0 Å². The number of carbonyl (C=O) groups is 1. The van der Waals surface area contributed by atoms with Gasteiger partial charge in [-0.2, -0.15) is 0 Å². The SMILES string of the molecule is COCCOc1ccc(C(=O)NC(=S)Nc2cc([N+](=O)[O-])ccc2F)cc1. The number of nitro groups is 1. The van der Waals surface area contributed by atoms with Gasteiger partial charge in [-0.25, -0.2) is 4.39 Å². The Morgan fingerprint density at radius 2 is 1.93 bits per heavy atom. The van der Waals surface area contributed by atoms with Gasteiger partial charge in [0.25, 0.3) is 11.6 Å². The lowest BCUT2D eigenvalue weighted by atomic mass is 10.2. The fourth-order valence-corrected chi connectivity index (χ4v) is 2.20. The molecule has 0 saturated heterocycles. The molecule has 2 N–H and O–H groups in total. The fourth-order valence-electron chi connectivity index (χ4n) is 2.00.